The molecule has 9 nitrogen and oxygen atoms in total. The molecule has 1 amide bonds. The van der Waals surface area contributed by atoms with Crippen LogP contribution in [0.1, 0.15) is 19.3 Å². The monoisotopic (exact) mass is 339 g/mol. The lowest BCUT2D eigenvalue weighted by molar-refractivity contribution is -0.256. The van der Waals surface area contributed by atoms with E-state index in [1.807, 2.05) is 6.07 Å². The van der Waals surface area contributed by atoms with Gasteiger partial charge in [0.25, 0.3) is 5.91 Å². The van der Waals surface area contributed by atoms with Gasteiger partial charge in [-0.3, -0.25) is 14.4 Å². The third-order valence-corrected chi connectivity index (χ3v) is 3.60. The van der Waals surface area contributed by atoms with Crippen LogP contribution in [0.4, 0.5) is 0 Å². The summed E-state index contributed by atoms with van der Waals surface area (Å²) < 4.78 is 4.83. The van der Waals surface area contributed by atoms with Crippen LogP contribution in [0.2, 0.25) is 0 Å². The van der Waals surface area contributed by atoms with Gasteiger partial charge in [-0.2, -0.15) is 10.3 Å². The minimum Gasteiger partial charge on any atom is -0.477 e. The van der Waals surface area contributed by atoms with Crippen LogP contribution in [-0.2, 0) is 24.0 Å². The standard InChI is InChI=1S/C13H13N3O6S/c14-6-2-1-3-9(23)15-8-7-21-16(11(8)18)13(12(19)20)5-4-10(17)22-13/h1-2,8H,3-5,7H2,(H,15,23)(H,19,20)/b2-1+/t8-,13?/m0/s1. The molecule has 2 aliphatic rings. The van der Waals surface area contributed by atoms with Gasteiger partial charge in [0.2, 0.25) is 0 Å². The summed E-state index contributed by atoms with van der Waals surface area (Å²) in [6, 6.07) is 0.929. The van der Waals surface area contributed by atoms with E-state index in [2.05, 4.69) is 5.32 Å². The maximum Gasteiger partial charge on any atom is 0.372 e. The summed E-state index contributed by atoms with van der Waals surface area (Å²) in [6.07, 6.45) is 2.73. The molecule has 2 saturated heterocycles. The van der Waals surface area contributed by atoms with Gasteiger partial charge < -0.3 is 15.2 Å². The minimum absolute atomic E-state index is 0.116. The van der Waals surface area contributed by atoms with Crippen molar-refractivity contribution in [3.05, 3.63) is 12.2 Å². The molecule has 2 N–H and O–H groups in total. The number of rotatable bonds is 5. The van der Waals surface area contributed by atoms with Crippen LogP contribution < -0.4 is 5.32 Å². The number of hydrogen-bond acceptors (Lipinski definition) is 7. The number of aliphatic carboxylic acids is 1. The van der Waals surface area contributed by atoms with Crippen LogP contribution >= 0.6 is 12.2 Å². The molecule has 1 unspecified atom stereocenters. The molecule has 0 aromatic carbocycles. The van der Waals surface area contributed by atoms with E-state index in [1.165, 1.54) is 12.2 Å². The van der Waals surface area contributed by atoms with E-state index >= 15 is 0 Å². The lowest BCUT2D eigenvalue weighted by Crippen LogP contribution is -2.56. The lowest BCUT2D eigenvalue weighted by atomic mass is 10.1. The summed E-state index contributed by atoms with van der Waals surface area (Å²) in [4.78, 5) is 40.5. The van der Waals surface area contributed by atoms with Crippen LogP contribution in [0, 0.1) is 11.3 Å². The molecule has 0 radical (unpaired) electrons. The van der Waals surface area contributed by atoms with E-state index < -0.39 is 29.6 Å². The highest BCUT2D eigenvalue weighted by atomic mass is 32.1. The number of allylic oxidation sites excluding steroid dienone is 1. The summed E-state index contributed by atoms with van der Waals surface area (Å²) in [6.45, 7) is -0.145. The molecule has 0 aromatic heterocycles. The summed E-state index contributed by atoms with van der Waals surface area (Å²) in [5, 5.41) is 21.0. The highest BCUT2D eigenvalue weighted by Crippen LogP contribution is 2.33. The average Bonchev–Trinajstić information content (AvgIpc) is 3.05. The molecule has 10 heteroatoms. The molecule has 2 heterocycles. The van der Waals surface area contributed by atoms with Crippen molar-refractivity contribution in [1.29, 1.82) is 5.26 Å². The van der Waals surface area contributed by atoms with Crippen molar-refractivity contribution < 1.29 is 29.1 Å². The van der Waals surface area contributed by atoms with Crippen molar-refractivity contribution >= 4 is 35.1 Å². The van der Waals surface area contributed by atoms with Gasteiger partial charge in [-0.1, -0.05) is 18.3 Å². The van der Waals surface area contributed by atoms with Gasteiger partial charge >= 0.3 is 17.7 Å². The number of carboxylic acid groups (broad SMARTS) is 1. The van der Waals surface area contributed by atoms with E-state index in [0.717, 1.165) is 0 Å². The minimum atomic E-state index is -2.13. The summed E-state index contributed by atoms with van der Waals surface area (Å²) in [5.74, 6) is -2.87. The number of nitrogens with zero attached hydrogens (tertiary/aromatic N) is 2. The van der Waals surface area contributed by atoms with E-state index in [4.69, 9.17) is 27.1 Å². The molecule has 0 spiro atoms. The zero-order valence-electron chi connectivity index (χ0n) is 11.9. The molecule has 2 rings (SSSR count). The Kier molecular flexibility index (Phi) is 4.92. The predicted octanol–water partition coefficient (Wildman–Crippen LogP) is -0.366. The van der Waals surface area contributed by atoms with Crippen molar-refractivity contribution in [2.24, 2.45) is 0 Å². The number of thiocarbonyl (C=S) groups is 1. The first kappa shape index (κ1) is 16.9. The first-order valence-electron chi connectivity index (χ1n) is 6.67. The number of carbonyl (C=O) groups is 3. The van der Waals surface area contributed by atoms with Crippen LogP contribution in [0.25, 0.3) is 0 Å². The third kappa shape index (κ3) is 3.30. The van der Waals surface area contributed by atoms with Crippen LogP contribution in [0.3, 0.4) is 0 Å². The fraction of sp³-hybridized carbons (Fsp3) is 0.462. The largest absolute Gasteiger partial charge is 0.477 e. The molecule has 0 aromatic rings. The number of hydrogen-bond donors (Lipinski definition) is 2. The fourth-order valence-corrected chi connectivity index (χ4v) is 2.46. The quantitative estimate of drug-likeness (QED) is 0.391. The number of cyclic esters (lactones) is 1. The molecule has 2 atom stereocenters. The third-order valence-electron chi connectivity index (χ3n) is 3.31. The lowest BCUT2D eigenvalue weighted by Gasteiger charge is -2.30. The van der Waals surface area contributed by atoms with Crippen LogP contribution in [0.15, 0.2) is 12.2 Å². The van der Waals surface area contributed by atoms with Gasteiger partial charge in [0.05, 0.1) is 17.5 Å². The topological polar surface area (TPSA) is 129 Å². The Labute approximate surface area is 136 Å². The Bertz CT molecular complexity index is 628. The molecule has 2 aliphatic heterocycles. The van der Waals surface area contributed by atoms with E-state index in [0.29, 0.717) is 10.1 Å². The van der Waals surface area contributed by atoms with Crippen molar-refractivity contribution in [2.45, 2.75) is 31.0 Å². The number of esters is 1. The first-order valence-corrected chi connectivity index (χ1v) is 7.08. The Morgan fingerprint density at radius 1 is 1.61 bits per heavy atom. The summed E-state index contributed by atoms with van der Waals surface area (Å²) >= 11 is 5.03. The van der Waals surface area contributed by atoms with Crippen molar-refractivity contribution in [2.75, 3.05) is 6.61 Å². The number of carboxylic acids is 1. The van der Waals surface area contributed by atoms with Crippen LogP contribution in [-0.4, -0.2) is 51.4 Å². The highest BCUT2D eigenvalue weighted by molar-refractivity contribution is 7.80. The number of nitriles is 1. The average molecular weight is 339 g/mol. The SMILES string of the molecule is N#C/C=C/CC(=S)N[C@H]1CON(C2(C(=O)O)CCC(=O)O2)C1=O. The Balaban J connectivity index is 2.05. The van der Waals surface area contributed by atoms with E-state index in [-0.39, 0.29) is 25.9 Å². The maximum absolute atomic E-state index is 12.3. The van der Waals surface area contributed by atoms with E-state index in [9.17, 15) is 19.5 Å². The zero-order chi connectivity index (χ0) is 17.0. The molecule has 23 heavy (non-hydrogen) atoms. The van der Waals surface area contributed by atoms with Gasteiger partial charge in [0, 0.05) is 18.9 Å². The molecule has 0 aliphatic carbocycles. The maximum atomic E-state index is 12.3. The normalized spacial score (nSPS) is 27.1. The Morgan fingerprint density at radius 2 is 2.35 bits per heavy atom. The fourth-order valence-electron chi connectivity index (χ4n) is 2.23. The van der Waals surface area contributed by atoms with Gasteiger partial charge in [-0.15, -0.1) is 0 Å². The number of carbonyl (C=O) groups excluding carboxylic acids is 2. The summed E-state index contributed by atoms with van der Waals surface area (Å²) in [5.41, 5.74) is -2.13. The van der Waals surface area contributed by atoms with Gasteiger partial charge in [-0.25, -0.2) is 4.79 Å². The molecule has 0 bridgehead atoms. The second-order valence-corrected chi connectivity index (χ2v) is 5.34. The van der Waals surface area contributed by atoms with Crippen LogP contribution in [0.5, 0.6) is 0 Å². The van der Waals surface area contributed by atoms with Gasteiger partial charge in [0.15, 0.2) is 0 Å². The molecular formula is C13H13N3O6S. The molecule has 0 saturated carbocycles. The van der Waals surface area contributed by atoms with Crippen molar-refractivity contribution in [1.82, 2.24) is 10.4 Å². The number of hydroxylamine groups is 2. The highest BCUT2D eigenvalue weighted by Gasteiger charge is 2.59. The molecular weight excluding hydrogens is 326 g/mol. The zero-order valence-corrected chi connectivity index (χ0v) is 12.7. The number of ether oxygens (including phenoxy) is 1. The predicted molar refractivity (Wildman–Crippen MR) is 77.4 cm³/mol. The number of amides is 1. The van der Waals surface area contributed by atoms with Crippen molar-refractivity contribution in [3.63, 3.8) is 0 Å². The molecule has 122 valence electrons. The Morgan fingerprint density at radius 3 is 2.91 bits per heavy atom. The van der Waals surface area contributed by atoms with E-state index in [1.54, 1.807) is 0 Å². The Hall–Kier alpha value is -2.51. The van der Waals surface area contributed by atoms with Gasteiger partial charge in [0.1, 0.15) is 12.6 Å². The smallest absolute Gasteiger partial charge is 0.372 e. The van der Waals surface area contributed by atoms with Crippen molar-refractivity contribution in [3.8, 4) is 6.07 Å². The summed E-state index contributed by atoms with van der Waals surface area (Å²) in [7, 11) is 0. The first-order chi connectivity index (χ1) is 10.9. The second-order valence-electron chi connectivity index (χ2n) is 4.85. The number of nitrogens with one attached hydrogen (secondary N) is 1. The second kappa shape index (κ2) is 6.72. The van der Waals surface area contributed by atoms with Gasteiger partial charge in [-0.05, 0) is 0 Å². The molecule has 2 fully saturated rings.